The third-order valence-electron chi connectivity index (χ3n) is 6.00. The first-order chi connectivity index (χ1) is 9.71. The van der Waals surface area contributed by atoms with Gasteiger partial charge in [-0.15, -0.1) is 0 Å². The molecular weight excluding hydrogens is 246 g/mol. The highest BCUT2D eigenvalue weighted by molar-refractivity contribution is 5.30. The fourth-order valence-electron chi connectivity index (χ4n) is 5.71. The number of nitrogen functional groups attached to an aromatic ring is 1. The lowest BCUT2D eigenvalue weighted by atomic mass is 9.48. The number of nitrogens with two attached hydrogens (primary N) is 1. The first-order valence-electron chi connectivity index (χ1n) is 8.27. The van der Waals surface area contributed by atoms with E-state index < -0.39 is 0 Å². The van der Waals surface area contributed by atoms with E-state index in [0.717, 1.165) is 30.0 Å². The van der Waals surface area contributed by atoms with Crippen LogP contribution in [-0.2, 0) is 6.42 Å². The zero-order valence-corrected chi connectivity index (χ0v) is 12.2. The molecule has 0 radical (unpaired) electrons. The van der Waals surface area contributed by atoms with Crippen molar-refractivity contribution in [2.24, 2.45) is 23.2 Å². The first kappa shape index (κ1) is 12.6. The molecule has 3 heteroatoms. The van der Waals surface area contributed by atoms with Gasteiger partial charge >= 0.3 is 0 Å². The van der Waals surface area contributed by atoms with E-state index in [-0.39, 0.29) is 0 Å². The highest BCUT2D eigenvalue weighted by Crippen LogP contribution is 2.61. The van der Waals surface area contributed by atoms with Crippen molar-refractivity contribution in [2.45, 2.75) is 57.8 Å². The molecular formula is C17H25N3. The van der Waals surface area contributed by atoms with Gasteiger partial charge in [-0.25, -0.2) is 9.97 Å². The first-order valence-corrected chi connectivity index (χ1v) is 8.27. The molecule has 1 heterocycles. The Morgan fingerprint density at radius 3 is 2.10 bits per heavy atom. The third-order valence-corrected chi connectivity index (χ3v) is 6.00. The second-order valence-electron chi connectivity index (χ2n) is 7.70. The number of rotatable bonds is 4. The van der Waals surface area contributed by atoms with Crippen molar-refractivity contribution in [1.82, 2.24) is 9.97 Å². The second kappa shape index (κ2) is 4.71. The lowest BCUT2D eigenvalue weighted by Gasteiger charge is -2.57. The topological polar surface area (TPSA) is 51.8 Å². The van der Waals surface area contributed by atoms with Crippen molar-refractivity contribution in [3.8, 4) is 0 Å². The van der Waals surface area contributed by atoms with Crippen LogP contribution in [-0.4, -0.2) is 9.97 Å². The Labute approximate surface area is 121 Å². The van der Waals surface area contributed by atoms with Crippen LogP contribution in [0, 0.1) is 23.2 Å². The maximum atomic E-state index is 5.63. The zero-order chi connectivity index (χ0) is 13.6. The summed E-state index contributed by atoms with van der Waals surface area (Å²) in [6.07, 6.45) is 16.3. The molecule has 108 valence electrons. The van der Waals surface area contributed by atoms with E-state index in [1.807, 2.05) is 0 Å². The van der Waals surface area contributed by atoms with Crippen LogP contribution in [0.5, 0.6) is 0 Å². The fourth-order valence-corrected chi connectivity index (χ4v) is 5.71. The van der Waals surface area contributed by atoms with Gasteiger partial charge in [0.25, 0.3) is 0 Å². The van der Waals surface area contributed by atoms with Crippen LogP contribution in [0.25, 0.3) is 0 Å². The molecule has 3 nitrogen and oxygen atoms in total. The molecule has 0 spiro atoms. The number of hydrogen-bond acceptors (Lipinski definition) is 3. The number of aromatic nitrogens is 2. The fraction of sp³-hybridized carbons (Fsp3) is 0.765. The molecule has 4 aliphatic carbocycles. The molecule has 4 fully saturated rings. The van der Waals surface area contributed by atoms with Crippen LogP contribution in [0.15, 0.2) is 12.4 Å². The summed E-state index contributed by atoms with van der Waals surface area (Å²) in [5, 5.41) is 0. The summed E-state index contributed by atoms with van der Waals surface area (Å²) in [5.41, 5.74) is 6.99. The maximum absolute atomic E-state index is 5.63. The minimum atomic E-state index is 0.662. The van der Waals surface area contributed by atoms with E-state index in [1.165, 1.54) is 32.1 Å². The Kier molecular flexibility index (Phi) is 2.97. The Balaban J connectivity index is 1.36. The zero-order valence-electron chi connectivity index (χ0n) is 12.2. The molecule has 4 aliphatic rings. The van der Waals surface area contributed by atoms with E-state index in [2.05, 4.69) is 9.97 Å². The highest BCUT2D eigenvalue weighted by atomic mass is 14.9. The van der Waals surface area contributed by atoms with Gasteiger partial charge in [0.1, 0.15) is 5.82 Å². The van der Waals surface area contributed by atoms with Gasteiger partial charge in [-0.1, -0.05) is 0 Å². The summed E-state index contributed by atoms with van der Waals surface area (Å²) in [7, 11) is 0. The van der Waals surface area contributed by atoms with Gasteiger partial charge in [-0.05, 0) is 74.5 Å². The molecule has 1 aromatic heterocycles. The average Bonchev–Trinajstić information content (AvgIpc) is 2.39. The lowest BCUT2D eigenvalue weighted by Crippen LogP contribution is -2.45. The number of nitrogens with zero attached hydrogens (tertiary/aromatic N) is 2. The molecule has 0 unspecified atom stereocenters. The van der Waals surface area contributed by atoms with Crippen LogP contribution in [0.4, 0.5) is 5.69 Å². The molecule has 20 heavy (non-hydrogen) atoms. The van der Waals surface area contributed by atoms with Crippen molar-refractivity contribution in [3.63, 3.8) is 0 Å². The Bertz CT molecular complexity index is 444. The normalized spacial score (nSPS) is 38.3. The summed E-state index contributed by atoms with van der Waals surface area (Å²) in [5.74, 6) is 4.15. The Hall–Kier alpha value is -1.12. The highest BCUT2D eigenvalue weighted by Gasteiger charge is 2.50. The standard InChI is InChI=1S/C17H25N3/c18-15-10-19-16(20-11-15)2-1-3-17-7-12-4-13(8-17)6-14(5-12)9-17/h10-14H,1-9,18H2. The molecule has 0 saturated heterocycles. The van der Waals surface area contributed by atoms with E-state index >= 15 is 0 Å². The van der Waals surface area contributed by atoms with Gasteiger partial charge in [-0.3, -0.25) is 0 Å². The second-order valence-corrected chi connectivity index (χ2v) is 7.70. The van der Waals surface area contributed by atoms with Gasteiger partial charge in [0, 0.05) is 6.42 Å². The van der Waals surface area contributed by atoms with Gasteiger partial charge < -0.3 is 5.73 Å². The maximum Gasteiger partial charge on any atom is 0.128 e. The van der Waals surface area contributed by atoms with Gasteiger partial charge in [-0.2, -0.15) is 0 Å². The van der Waals surface area contributed by atoms with Gasteiger partial charge in [0.15, 0.2) is 0 Å². The SMILES string of the molecule is Nc1cnc(CCCC23CC4CC(CC(C4)C2)C3)nc1. The third kappa shape index (κ3) is 2.32. The smallest absolute Gasteiger partial charge is 0.128 e. The summed E-state index contributed by atoms with van der Waals surface area (Å²) in [4.78, 5) is 8.65. The quantitative estimate of drug-likeness (QED) is 0.910. The van der Waals surface area contributed by atoms with Gasteiger partial charge in [0.2, 0.25) is 0 Å². The minimum Gasteiger partial charge on any atom is -0.396 e. The van der Waals surface area contributed by atoms with Gasteiger partial charge in [0.05, 0.1) is 18.1 Å². The largest absolute Gasteiger partial charge is 0.396 e. The molecule has 0 aromatic carbocycles. The molecule has 1 aromatic rings. The lowest BCUT2D eigenvalue weighted by molar-refractivity contribution is -0.0580. The Morgan fingerprint density at radius 1 is 1.00 bits per heavy atom. The number of anilines is 1. The summed E-state index contributed by atoms with van der Waals surface area (Å²) < 4.78 is 0. The number of aryl methyl sites for hydroxylation is 1. The van der Waals surface area contributed by atoms with Crippen molar-refractivity contribution in [3.05, 3.63) is 18.2 Å². The van der Waals surface area contributed by atoms with E-state index in [0.29, 0.717) is 11.1 Å². The molecule has 0 atom stereocenters. The molecule has 2 N–H and O–H groups in total. The van der Waals surface area contributed by atoms with Crippen LogP contribution >= 0.6 is 0 Å². The van der Waals surface area contributed by atoms with Crippen molar-refractivity contribution in [2.75, 3.05) is 5.73 Å². The predicted octanol–water partition coefficient (Wildman–Crippen LogP) is 3.60. The monoisotopic (exact) mass is 271 g/mol. The molecule has 4 saturated carbocycles. The molecule has 0 aliphatic heterocycles. The van der Waals surface area contributed by atoms with Crippen molar-refractivity contribution in [1.29, 1.82) is 0 Å². The van der Waals surface area contributed by atoms with E-state index in [1.54, 1.807) is 31.7 Å². The summed E-state index contributed by atoms with van der Waals surface area (Å²) >= 11 is 0. The van der Waals surface area contributed by atoms with Crippen molar-refractivity contribution < 1.29 is 0 Å². The van der Waals surface area contributed by atoms with E-state index in [4.69, 9.17) is 5.73 Å². The Morgan fingerprint density at radius 2 is 1.55 bits per heavy atom. The van der Waals surface area contributed by atoms with Crippen LogP contribution in [0.3, 0.4) is 0 Å². The van der Waals surface area contributed by atoms with Crippen LogP contribution in [0.2, 0.25) is 0 Å². The predicted molar refractivity (Wildman–Crippen MR) is 80.0 cm³/mol. The van der Waals surface area contributed by atoms with E-state index in [9.17, 15) is 0 Å². The summed E-state index contributed by atoms with van der Waals surface area (Å²) in [6.45, 7) is 0. The minimum absolute atomic E-state index is 0.662. The molecule has 4 bridgehead atoms. The van der Waals surface area contributed by atoms with Crippen molar-refractivity contribution >= 4 is 5.69 Å². The van der Waals surface area contributed by atoms with Crippen LogP contribution < -0.4 is 5.73 Å². The summed E-state index contributed by atoms with van der Waals surface area (Å²) in [6, 6.07) is 0. The van der Waals surface area contributed by atoms with Crippen LogP contribution in [0.1, 0.15) is 57.2 Å². The average molecular weight is 271 g/mol. The molecule has 0 amide bonds. The number of hydrogen-bond donors (Lipinski definition) is 1. The molecule has 5 rings (SSSR count).